The third-order valence-corrected chi connectivity index (χ3v) is 4.97. The van der Waals surface area contributed by atoms with Gasteiger partial charge in [0.2, 0.25) is 0 Å². The molecule has 0 bridgehead atoms. The van der Waals surface area contributed by atoms with Gasteiger partial charge in [-0.3, -0.25) is 0 Å². The number of rotatable bonds is 15. The van der Waals surface area contributed by atoms with Crippen LogP contribution >= 0.6 is 0 Å². The van der Waals surface area contributed by atoms with Crippen molar-refractivity contribution in [3.63, 3.8) is 0 Å². The molecular weight excluding hydrogens is 402 g/mol. The van der Waals surface area contributed by atoms with E-state index in [0.29, 0.717) is 6.61 Å². The molecule has 0 fully saturated rings. The highest BCUT2D eigenvalue weighted by Gasteiger charge is 2.07. The molecule has 2 aromatic carbocycles. The molecule has 5 heteroatoms. The zero-order valence-corrected chi connectivity index (χ0v) is 19.9. The molecule has 0 heterocycles. The highest BCUT2D eigenvalue weighted by atomic mass is 16.6. The average Bonchev–Trinajstić information content (AvgIpc) is 2.78. The van der Waals surface area contributed by atoms with E-state index in [4.69, 9.17) is 19.0 Å². The van der Waals surface area contributed by atoms with E-state index in [9.17, 15) is 0 Å². The molecule has 32 heavy (non-hydrogen) atoms. The van der Waals surface area contributed by atoms with Crippen molar-refractivity contribution < 1.29 is 19.0 Å². The molecule has 2 aromatic rings. The molecule has 0 atom stereocenters. The Morgan fingerprint density at radius 1 is 0.844 bits per heavy atom. The number of allylic oxidation sites excluding steroid dienone is 1. The summed E-state index contributed by atoms with van der Waals surface area (Å²) in [5, 5.41) is 3.77. The van der Waals surface area contributed by atoms with E-state index in [-0.39, 0.29) is 0 Å². The fourth-order valence-corrected chi connectivity index (χ4v) is 3.36. The van der Waals surface area contributed by atoms with E-state index < -0.39 is 0 Å². The Labute approximate surface area is 193 Å². The van der Waals surface area contributed by atoms with Crippen LogP contribution < -0.4 is 14.2 Å². The normalized spacial score (nSPS) is 11.2. The molecule has 0 N–H and O–H groups in total. The third kappa shape index (κ3) is 9.46. The predicted octanol–water partition coefficient (Wildman–Crippen LogP) is 6.45. The monoisotopic (exact) mass is 439 g/mol. The maximum atomic E-state index is 6.06. The lowest BCUT2D eigenvalue weighted by Gasteiger charge is -2.14. The van der Waals surface area contributed by atoms with Crippen LogP contribution in [0.4, 0.5) is 0 Å². The van der Waals surface area contributed by atoms with Crippen LogP contribution in [-0.4, -0.2) is 33.1 Å². The van der Waals surface area contributed by atoms with Gasteiger partial charge in [0.1, 0.15) is 31.0 Å². The Hall–Kier alpha value is -2.95. The highest BCUT2D eigenvalue weighted by molar-refractivity contribution is 5.61. The first-order valence-electron chi connectivity index (χ1n) is 11.4. The molecule has 0 aliphatic rings. The Morgan fingerprint density at radius 2 is 1.56 bits per heavy atom. The van der Waals surface area contributed by atoms with Gasteiger partial charge >= 0.3 is 0 Å². The number of nitrogens with zero attached hydrogens (tertiary/aromatic N) is 1. The molecule has 2 rings (SSSR count). The summed E-state index contributed by atoms with van der Waals surface area (Å²) in [5.74, 6) is 2.77. The number of oxime groups is 1. The molecule has 0 spiro atoms. The standard InChI is InChI=1S/C27H37NO4/c1-5-6-16-31-26-19-22(2)27(23(3)20-26)32-18-10-8-7-9-17-30-25-13-11-12-24(21-25)14-15-28-29-4/h5-6,11-13,15,19-21H,7-10,14,16-18H2,1-4H3/b6-5+,28-15+. The van der Waals surface area contributed by atoms with Crippen molar-refractivity contribution in [1.29, 1.82) is 0 Å². The molecule has 0 saturated carbocycles. The summed E-state index contributed by atoms with van der Waals surface area (Å²) in [4.78, 5) is 4.69. The minimum absolute atomic E-state index is 0.591. The maximum absolute atomic E-state index is 6.06. The van der Waals surface area contributed by atoms with Crippen molar-refractivity contribution in [2.45, 2.75) is 52.9 Å². The van der Waals surface area contributed by atoms with E-state index in [1.54, 1.807) is 13.3 Å². The van der Waals surface area contributed by atoms with Gasteiger partial charge in [-0.15, -0.1) is 0 Å². The van der Waals surface area contributed by atoms with Crippen LogP contribution in [0.2, 0.25) is 0 Å². The van der Waals surface area contributed by atoms with E-state index >= 15 is 0 Å². The fourth-order valence-electron chi connectivity index (χ4n) is 3.36. The quantitative estimate of drug-likeness (QED) is 0.138. The molecule has 0 aromatic heterocycles. The van der Waals surface area contributed by atoms with Crippen LogP contribution in [0.25, 0.3) is 0 Å². The summed E-state index contributed by atoms with van der Waals surface area (Å²) in [6.45, 7) is 8.18. The molecular formula is C27H37NO4. The summed E-state index contributed by atoms with van der Waals surface area (Å²) in [5.41, 5.74) is 3.39. The molecule has 5 nitrogen and oxygen atoms in total. The topological polar surface area (TPSA) is 49.3 Å². The smallest absolute Gasteiger partial charge is 0.125 e. The van der Waals surface area contributed by atoms with Crippen molar-refractivity contribution in [2.75, 3.05) is 26.9 Å². The van der Waals surface area contributed by atoms with Gasteiger partial charge in [0.25, 0.3) is 0 Å². The average molecular weight is 440 g/mol. The molecule has 0 radical (unpaired) electrons. The van der Waals surface area contributed by atoms with Gasteiger partial charge in [-0.2, -0.15) is 0 Å². The first-order valence-corrected chi connectivity index (χ1v) is 11.4. The lowest BCUT2D eigenvalue weighted by Crippen LogP contribution is -2.03. The van der Waals surface area contributed by atoms with Crippen LogP contribution in [0.5, 0.6) is 17.2 Å². The second-order valence-corrected chi connectivity index (χ2v) is 7.70. The number of ether oxygens (including phenoxy) is 3. The largest absolute Gasteiger partial charge is 0.494 e. The van der Waals surface area contributed by atoms with Crippen LogP contribution in [0.1, 0.15) is 49.3 Å². The van der Waals surface area contributed by atoms with Gasteiger partial charge in [0, 0.05) is 12.6 Å². The van der Waals surface area contributed by atoms with Gasteiger partial charge in [0.15, 0.2) is 0 Å². The van der Waals surface area contributed by atoms with Gasteiger partial charge in [-0.1, -0.05) is 29.4 Å². The van der Waals surface area contributed by atoms with Crippen LogP contribution in [0.15, 0.2) is 53.7 Å². The Morgan fingerprint density at radius 3 is 2.25 bits per heavy atom. The Kier molecular flexibility index (Phi) is 11.8. The number of hydrogen-bond donors (Lipinski definition) is 0. The van der Waals surface area contributed by atoms with E-state index in [2.05, 4.69) is 31.1 Å². The van der Waals surface area contributed by atoms with E-state index in [0.717, 1.165) is 79.3 Å². The van der Waals surface area contributed by atoms with E-state index in [1.165, 1.54) is 0 Å². The number of hydrogen-bond acceptors (Lipinski definition) is 5. The van der Waals surface area contributed by atoms with Gasteiger partial charge < -0.3 is 19.0 Å². The molecule has 174 valence electrons. The Bertz CT molecular complexity index is 837. The first kappa shape index (κ1) is 25.3. The molecule has 0 aliphatic carbocycles. The zero-order valence-electron chi connectivity index (χ0n) is 19.9. The minimum atomic E-state index is 0.591. The summed E-state index contributed by atoms with van der Waals surface area (Å²) >= 11 is 0. The number of aryl methyl sites for hydroxylation is 2. The van der Waals surface area contributed by atoms with E-state index in [1.807, 2.05) is 43.3 Å². The number of unbranched alkanes of at least 4 members (excludes halogenated alkanes) is 3. The lowest BCUT2D eigenvalue weighted by molar-refractivity contribution is 0.215. The van der Waals surface area contributed by atoms with Crippen LogP contribution in [0, 0.1) is 13.8 Å². The van der Waals surface area contributed by atoms with Gasteiger partial charge in [-0.25, -0.2) is 0 Å². The third-order valence-electron chi connectivity index (χ3n) is 4.97. The molecule has 0 saturated heterocycles. The van der Waals surface area contributed by atoms with Gasteiger partial charge in [-0.05, 0) is 87.4 Å². The van der Waals surface area contributed by atoms with Crippen molar-refractivity contribution in [1.82, 2.24) is 0 Å². The number of benzene rings is 2. The van der Waals surface area contributed by atoms with Crippen molar-refractivity contribution in [2.24, 2.45) is 5.16 Å². The molecule has 0 amide bonds. The summed E-state index contributed by atoms with van der Waals surface area (Å²) in [6.07, 6.45) is 10.8. The zero-order chi connectivity index (χ0) is 23.0. The van der Waals surface area contributed by atoms with Crippen molar-refractivity contribution in [3.05, 3.63) is 65.2 Å². The molecule has 0 unspecified atom stereocenters. The summed E-state index contributed by atoms with van der Waals surface area (Å²) < 4.78 is 17.7. The maximum Gasteiger partial charge on any atom is 0.125 e. The second kappa shape index (κ2) is 15.0. The minimum Gasteiger partial charge on any atom is -0.494 e. The van der Waals surface area contributed by atoms with Crippen molar-refractivity contribution in [3.8, 4) is 17.2 Å². The Balaban J connectivity index is 1.62. The predicted molar refractivity (Wildman–Crippen MR) is 131 cm³/mol. The fraction of sp³-hybridized carbons (Fsp3) is 0.444. The SMILES string of the molecule is C/C=C/COc1cc(C)c(OCCCCCCOc2cccc(C/C=N/OC)c2)c(C)c1. The first-order chi connectivity index (χ1) is 15.6. The summed E-state index contributed by atoms with van der Waals surface area (Å²) in [7, 11) is 1.55. The second-order valence-electron chi connectivity index (χ2n) is 7.70. The lowest BCUT2D eigenvalue weighted by atomic mass is 10.1. The van der Waals surface area contributed by atoms with Crippen molar-refractivity contribution >= 4 is 6.21 Å². The summed E-state index contributed by atoms with van der Waals surface area (Å²) in [6, 6.07) is 12.2. The molecule has 0 aliphatic heterocycles. The van der Waals surface area contributed by atoms with Crippen LogP contribution in [-0.2, 0) is 11.3 Å². The van der Waals surface area contributed by atoms with Crippen LogP contribution in [0.3, 0.4) is 0 Å². The highest BCUT2D eigenvalue weighted by Crippen LogP contribution is 2.28. The van der Waals surface area contributed by atoms with Gasteiger partial charge in [0.05, 0.1) is 13.2 Å².